The van der Waals surface area contributed by atoms with Gasteiger partial charge < -0.3 is 10.2 Å². The highest BCUT2D eigenvalue weighted by Crippen LogP contribution is 2.04. The maximum absolute atomic E-state index is 8.90. The van der Waals surface area contributed by atoms with Crippen LogP contribution in [0.3, 0.4) is 0 Å². The molecule has 0 bridgehead atoms. The van der Waals surface area contributed by atoms with Crippen LogP contribution in [0.2, 0.25) is 0 Å². The quantitative estimate of drug-likeness (QED) is 0.705. The summed E-state index contributed by atoms with van der Waals surface area (Å²) in [5, 5.41) is 17.8. The van der Waals surface area contributed by atoms with Crippen LogP contribution in [-0.4, -0.2) is 46.4 Å². The number of aromatic nitrogens is 1. The molecule has 1 heterocycles. The van der Waals surface area contributed by atoms with Crippen molar-refractivity contribution >= 4 is 0 Å². The van der Waals surface area contributed by atoms with Crippen molar-refractivity contribution in [2.45, 2.75) is 19.9 Å². The van der Waals surface area contributed by atoms with Gasteiger partial charge in [-0.1, -0.05) is 13.0 Å². The number of pyridine rings is 1. The van der Waals surface area contributed by atoms with Crippen LogP contribution in [0.15, 0.2) is 18.2 Å². The van der Waals surface area contributed by atoms with E-state index in [0.717, 1.165) is 17.8 Å². The Morgan fingerprint density at radius 3 is 2.31 bits per heavy atom. The molecule has 0 atom stereocenters. The molecule has 4 nitrogen and oxygen atoms in total. The minimum atomic E-state index is 0.105. The van der Waals surface area contributed by atoms with Gasteiger partial charge in [-0.3, -0.25) is 9.88 Å². The van der Waals surface area contributed by atoms with Crippen molar-refractivity contribution in [3.8, 4) is 0 Å². The summed E-state index contributed by atoms with van der Waals surface area (Å²) in [6.45, 7) is 4.10. The monoisotopic (exact) mass is 224 g/mol. The van der Waals surface area contributed by atoms with Gasteiger partial charge in [0.25, 0.3) is 0 Å². The molecular weight excluding hydrogens is 204 g/mol. The highest BCUT2D eigenvalue weighted by molar-refractivity contribution is 5.11. The zero-order chi connectivity index (χ0) is 11.8. The van der Waals surface area contributed by atoms with Crippen molar-refractivity contribution < 1.29 is 10.2 Å². The summed E-state index contributed by atoms with van der Waals surface area (Å²) >= 11 is 0. The fourth-order valence-electron chi connectivity index (χ4n) is 1.60. The zero-order valence-corrected chi connectivity index (χ0v) is 9.76. The summed E-state index contributed by atoms with van der Waals surface area (Å²) in [5.74, 6) is 0. The lowest BCUT2D eigenvalue weighted by Crippen LogP contribution is -2.29. The summed E-state index contributed by atoms with van der Waals surface area (Å²) in [6, 6.07) is 5.98. The minimum Gasteiger partial charge on any atom is -0.395 e. The van der Waals surface area contributed by atoms with E-state index in [9.17, 15) is 0 Å². The third-order valence-corrected chi connectivity index (χ3v) is 2.44. The first-order valence-electron chi connectivity index (χ1n) is 5.69. The van der Waals surface area contributed by atoms with Crippen molar-refractivity contribution in [1.29, 1.82) is 0 Å². The Balaban J connectivity index is 2.60. The highest BCUT2D eigenvalue weighted by Gasteiger charge is 2.05. The standard InChI is InChI=1S/C12H20N2O2/c1-2-11-4-3-5-12(13-11)10-14(6-8-15)7-9-16/h3-5,15-16H,2,6-10H2,1H3. The Bertz CT molecular complexity index is 299. The van der Waals surface area contributed by atoms with E-state index in [0.29, 0.717) is 19.6 Å². The van der Waals surface area contributed by atoms with E-state index in [1.54, 1.807) is 0 Å². The number of aliphatic hydroxyl groups excluding tert-OH is 2. The summed E-state index contributed by atoms with van der Waals surface area (Å²) in [7, 11) is 0. The molecule has 1 rings (SSSR count). The first-order valence-corrected chi connectivity index (χ1v) is 5.69. The Morgan fingerprint density at radius 1 is 1.12 bits per heavy atom. The lowest BCUT2D eigenvalue weighted by atomic mass is 10.2. The molecule has 0 saturated carbocycles. The predicted octanol–water partition coefficient (Wildman–Crippen LogP) is 0.431. The largest absolute Gasteiger partial charge is 0.395 e. The fraction of sp³-hybridized carbons (Fsp3) is 0.583. The van der Waals surface area contributed by atoms with Crippen LogP contribution >= 0.6 is 0 Å². The summed E-state index contributed by atoms with van der Waals surface area (Å²) in [5.41, 5.74) is 2.06. The summed E-state index contributed by atoms with van der Waals surface area (Å²) < 4.78 is 0. The van der Waals surface area contributed by atoms with Gasteiger partial charge >= 0.3 is 0 Å². The molecule has 0 saturated heterocycles. The fourth-order valence-corrected chi connectivity index (χ4v) is 1.60. The van der Waals surface area contributed by atoms with Gasteiger partial charge in [0.1, 0.15) is 0 Å². The lowest BCUT2D eigenvalue weighted by molar-refractivity contribution is 0.154. The van der Waals surface area contributed by atoms with Gasteiger partial charge in [-0.15, -0.1) is 0 Å². The van der Waals surface area contributed by atoms with Crippen molar-refractivity contribution in [3.05, 3.63) is 29.6 Å². The molecule has 0 aliphatic carbocycles. The molecule has 1 aromatic rings. The first kappa shape index (κ1) is 13.1. The minimum absolute atomic E-state index is 0.105. The summed E-state index contributed by atoms with van der Waals surface area (Å²) in [4.78, 5) is 6.48. The molecule has 0 fully saturated rings. The van der Waals surface area contributed by atoms with E-state index >= 15 is 0 Å². The third kappa shape index (κ3) is 4.26. The van der Waals surface area contributed by atoms with Gasteiger partial charge in [0.15, 0.2) is 0 Å². The molecule has 0 unspecified atom stereocenters. The van der Waals surface area contributed by atoms with Crippen molar-refractivity contribution in [2.24, 2.45) is 0 Å². The lowest BCUT2D eigenvalue weighted by Gasteiger charge is -2.19. The van der Waals surface area contributed by atoms with Crippen LogP contribution in [0.4, 0.5) is 0 Å². The molecule has 4 heteroatoms. The van der Waals surface area contributed by atoms with Crippen LogP contribution in [0.5, 0.6) is 0 Å². The molecule has 16 heavy (non-hydrogen) atoms. The second-order valence-corrected chi connectivity index (χ2v) is 3.70. The van der Waals surface area contributed by atoms with Crippen LogP contribution in [-0.2, 0) is 13.0 Å². The normalized spacial score (nSPS) is 11.0. The van der Waals surface area contributed by atoms with Gasteiger partial charge in [0, 0.05) is 25.3 Å². The molecule has 0 aliphatic heterocycles. The van der Waals surface area contributed by atoms with Gasteiger partial charge in [-0.25, -0.2) is 0 Å². The van der Waals surface area contributed by atoms with E-state index in [4.69, 9.17) is 10.2 Å². The Hall–Kier alpha value is -0.970. The average Bonchev–Trinajstić information content (AvgIpc) is 2.30. The molecule has 2 N–H and O–H groups in total. The van der Waals surface area contributed by atoms with E-state index in [1.807, 2.05) is 23.1 Å². The number of nitrogens with zero attached hydrogens (tertiary/aromatic N) is 2. The molecule has 1 aromatic heterocycles. The first-order chi connectivity index (χ1) is 7.80. The number of aliphatic hydroxyl groups is 2. The second-order valence-electron chi connectivity index (χ2n) is 3.70. The predicted molar refractivity (Wildman–Crippen MR) is 63.1 cm³/mol. The second kappa shape index (κ2) is 7.33. The molecular formula is C12H20N2O2. The zero-order valence-electron chi connectivity index (χ0n) is 9.76. The van der Waals surface area contributed by atoms with Crippen LogP contribution in [0.1, 0.15) is 18.3 Å². The van der Waals surface area contributed by atoms with E-state index < -0.39 is 0 Å². The van der Waals surface area contributed by atoms with E-state index in [2.05, 4.69) is 11.9 Å². The SMILES string of the molecule is CCc1cccc(CN(CCO)CCO)n1. The average molecular weight is 224 g/mol. The Kier molecular flexibility index (Phi) is 6.00. The smallest absolute Gasteiger partial charge is 0.0558 e. The molecule has 0 aromatic carbocycles. The van der Waals surface area contributed by atoms with Crippen LogP contribution in [0.25, 0.3) is 0 Å². The maximum Gasteiger partial charge on any atom is 0.0558 e. The maximum atomic E-state index is 8.90. The number of hydrogen-bond acceptors (Lipinski definition) is 4. The van der Waals surface area contributed by atoms with Gasteiger partial charge in [0.2, 0.25) is 0 Å². The van der Waals surface area contributed by atoms with Gasteiger partial charge in [-0.2, -0.15) is 0 Å². The van der Waals surface area contributed by atoms with Gasteiger partial charge in [0.05, 0.1) is 18.9 Å². The van der Waals surface area contributed by atoms with Crippen LogP contribution < -0.4 is 0 Å². The van der Waals surface area contributed by atoms with E-state index in [-0.39, 0.29) is 13.2 Å². The molecule has 0 radical (unpaired) electrons. The Morgan fingerprint density at radius 2 is 1.75 bits per heavy atom. The van der Waals surface area contributed by atoms with E-state index in [1.165, 1.54) is 0 Å². The molecule has 0 aliphatic rings. The number of rotatable bonds is 7. The third-order valence-electron chi connectivity index (χ3n) is 2.44. The molecule has 0 amide bonds. The van der Waals surface area contributed by atoms with Crippen molar-refractivity contribution in [2.75, 3.05) is 26.3 Å². The van der Waals surface area contributed by atoms with Crippen LogP contribution in [0, 0.1) is 0 Å². The van der Waals surface area contributed by atoms with Crippen molar-refractivity contribution in [1.82, 2.24) is 9.88 Å². The number of hydrogen-bond donors (Lipinski definition) is 2. The van der Waals surface area contributed by atoms with Gasteiger partial charge in [-0.05, 0) is 18.6 Å². The number of aryl methyl sites for hydroxylation is 1. The topological polar surface area (TPSA) is 56.6 Å². The molecule has 90 valence electrons. The highest BCUT2D eigenvalue weighted by atomic mass is 16.3. The molecule has 0 spiro atoms. The Labute approximate surface area is 96.6 Å². The van der Waals surface area contributed by atoms with Crippen molar-refractivity contribution in [3.63, 3.8) is 0 Å². The summed E-state index contributed by atoms with van der Waals surface area (Å²) in [6.07, 6.45) is 0.924.